The van der Waals surface area contributed by atoms with Gasteiger partial charge < -0.3 is 9.64 Å². The molecule has 0 saturated heterocycles. The number of methoxy groups -OCH3 is 1. The lowest BCUT2D eigenvalue weighted by Gasteiger charge is -2.19. The third-order valence-electron chi connectivity index (χ3n) is 6.03. The van der Waals surface area contributed by atoms with Gasteiger partial charge in [-0.15, -0.1) is 15.3 Å². The number of hydrogen-bond donors (Lipinski definition) is 0. The number of hydrogen-bond acceptors (Lipinski definition) is 9. The maximum atomic E-state index is 11.7. The highest BCUT2D eigenvalue weighted by Gasteiger charge is 2.14. The summed E-state index contributed by atoms with van der Waals surface area (Å²) in [4.78, 5) is 24.7. The zero-order chi connectivity index (χ0) is 28.5. The highest BCUT2D eigenvalue weighted by molar-refractivity contribution is 5.94. The van der Waals surface area contributed by atoms with Crippen molar-refractivity contribution in [2.45, 2.75) is 33.6 Å². The Morgan fingerprint density at radius 2 is 1.64 bits per heavy atom. The van der Waals surface area contributed by atoms with Crippen LogP contribution >= 0.6 is 0 Å². The van der Waals surface area contributed by atoms with Crippen molar-refractivity contribution in [3.05, 3.63) is 88.0 Å². The van der Waals surface area contributed by atoms with Crippen molar-refractivity contribution in [3.63, 3.8) is 0 Å². The Labute approximate surface area is 227 Å². The summed E-state index contributed by atoms with van der Waals surface area (Å²) in [5.74, 6) is 0.536. The molecule has 0 aliphatic heterocycles. The standard InChI is InChI=1S/C29H32N6O4/c1-19(2)28(36)8-7-15-34(5)23-12-10-22(11-13-23)30-33-26-17-21(4)25(18-29(26)39-6)32-31-24-14-9-20(3)16-27(24)35(37)38/h9-14,16-18H,1,7-8,15H2,2-6H3. The lowest BCUT2D eigenvalue weighted by molar-refractivity contribution is -0.384. The summed E-state index contributed by atoms with van der Waals surface area (Å²) >= 11 is 0. The normalized spacial score (nSPS) is 11.2. The average molecular weight is 529 g/mol. The molecule has 0 radical (unpaired) electrons. The maximum absolute atomic E-state index is 11.7. The summed E-state index contributed by atoms with van der Waals surface area (Å²) in [7, 11) is 3.50. The van der Waals surface area contributed by atoms with Gasteiger partial charge in [0.05, 0.1) is 23.4 Å². The molecule has 10 heteroatoms. The molecule has 0 atom stereocenters. The lowest BCUT2D eigenvalue weighted by Crippen LogP contribution is -2.19. The number of ketones is 1. The fourth-order valence-corrected chi connectivity index (χ4v) is 3.69. The first-order valence-corrected chi connectivity index (χ1v) is 12.4. The molecular formula is C29H32N6O4. The summed E-state index contributed by atoms with van der Waals surface area (Å²) in [5.41, 5.74) is 4.86. The van der Waals surface area contributed by atoms with Gasteiger partial charge >= 0.3 is 0 Å². The van der Waals surface area contributed by atoms with E-state index in [9.17, 15) is 14.9 Å². The number of benzene rings is 3. The molecule has 3 aromatic rings. The number of nitrogens with zero attached hydrogens (tertiary/aromatic N) is 6. The number of anilines is 1. The highest BCUT2D eigenvalue weighted by Crippen LogP contribution is 2.37. The third-order valence-corrected chi connectivity index (χ3v) is 6.03. The summed E-state index contributed by atoms with van der Waals surface area (Å²) in [6.45, 7) is 9.79. The van der Waals surface area contributed by atoms with E-state index in [0.717, 1.165) is 29.8 Å². The van der Waals surface area contributed by atoms with Crippen LogP contribution in [0.3, 0.4) is 0 Å². The van der Waals surface area contributed by atoms with E-state index in [1.54, 1.807) is 38.1 Å². The van der Waals surface area contributed by atoms with Crippen LogP contribution in [0.25, 0.3) is 0 Å². The Morgan fingerprint density at radius 1 is 0.974 bits per heavy atom. The number of carbonyl (C=O) groups is 1. The van der Waals surface area contributed by atoms with E-state index >= 15 is 0 Å². The maximum Gasteiger partial charge on any atom is 0.296 e. The van der Waals surface area contributed by atoms with E-state index < -0.39 is 4.92 Å². The van der Waals surface area contributed by atoms with Gasteiger partial charge in [0.15, 0.2) is 11.5 Å². The van der Waals surface area contributed by atoms with Gasteiger partial charge in [-0.3, -0.25) is 14.9 Å². The molecule has 202 valence electrons. The zero-order valence-corrected chi connectivity index (χ0v) is 22.8. The Balaban J connectivity index is 1.72. The first kappa shape index (κ1) is 28.8. The van der Waals surface area contributed by atoms with Gasteiger partial charge in [-0.25, -0.2) is 0 Å². The van der Waals surface area contributed by atoms with Crippen LogP contribution in [-0.2, 0) is 4.79 Å². The first-order valence-electron chi connectivity index (χ1n) is 12.4. The van der Waals surface area contributed by atoms with Gasteiger partial charge in [0.2, 0.25) is 0 Å². The van der Waals surface area contributed by atoms with Crippen LogP contribution in [0.1, 0.15) is 30.9 Å². The number of allylic oxidation sites excluding steroid dienone is 1. The van der Waals surface area contributed by atoms with E-state index in [0.29, 0.717) is 34.8 Å². The fourth-order valence-electron chi connectivity index (χ4n) is 3.69. The number of aryl methyl sites for hydroxylation is 2. The second-order valence-electron chi connectivity index (χ2n) is 9.20. The van der Waals surface area contributed by atoms with E-state index in [-0.39, 0.29) is 17.2 Å². The second kappa shape index (κ2) is 13.2. The SMILES string of the molecule is C=C(C)C(=O)CCCN(C)c1ccc(N=Nc2cc(C)c(N=Nc3ccc(C)cc3[N+](=O)[O-])cc2OC)cc1. The number of nitro benzene ring substituents is 1. The quantitative estimate of drug-likeness (QED) is 0.101. The van der Waals surface area contributed by atoms with Crippen molar-refractivity contribution in [2.24, 2.45) is 20.5 Å². The molecule has 3 rings (SSSR count). The van der Waals surface area contributed by atoms with Crippen molar-refractivity contribution < 1.29 is 14.5 Å². The Bertz CT molecular complexity index is 1430. The number of carbonyl (C=O) groups excluding carboxylic acids is 1. The van der Waals surface area contributed by atoms with Crippen molar-refractivity contribution >= 4 is 39.9 Å². The predicted octanol–water partition coefficient (Wildman–Crippen LogP) is 8.41. The molecule has 10 nitrogen and oxygen atoms in total. The Morgan fingerprint density at radius 3 is 2.28 bits per heavy atom. The number of Topliss-reactive ketones (excluding diaryl/α,β-unsaturated/α-hetero) is 1. The van der Waals surface area contributed by atoms with E-state index in [2.05, 4.69) is 31.9 Å². The largest absolute Gasteiger partial charge is 0.494 e. The van der Waals surface area contributed by atoms with Crippen LogP contribution < -0.4 is 9.64 Å². The molecular weight excluding hydrogens is 496 g/mol. The predicted molar refractivity (Wildman–Crippen MR) is 153 cm³/mol. The number of rotatable bonds is 12. The summed E-state index contributed by atoms with van der Waals surface area (Å²) < 4.78 is 5.48. The molecule has 0 unspecified atom stereocenters. The van der Waals surface area contributed by atoms with Crippen LogP contribution in [0.15, 0.2) is 87.2 Å². The van der Waals surface area contributed by atoms with E-state index in [1.807, 2.05) is 38.2 Å². The topological polar surface area (TPSA) is 122 Å². The van der Waals surface area contributed by atoms with Gasteiger partial charge in [-0.1, -0.05) is 12.6 Å². The minimum Gasteiger partial charge on any atom is -0.494 e. The molecule has 0 saturated carbocycles. The lowest BCUT2D eigenvalue weighted by atomic mass is 10.1. The minimum absolute atomic E-state index is 0.0937. The molecule has 0 aromatic heterocycles. The van der Waals surface area contributed by atoms with Crippen molar-refractivity contribution in [1.29, 1.82) is 0 Å². The number of nitro groups is 1. The van der Waals surface area contributed by atoms with E-state index in [1.165, 1.54) is 13.2 Å². The molecule has 3 aromatic carbocycles. The fraction of sp³-hybridized carbons (Fsp3) is 0.276. The van der Waals surface area contributed by atoms with Gasteiger partial charge in [-0.2, -0.15) is 5.11 Å². The Hall–Kier alpha value is -4.73. The average Bonchev–Trinajstić information content (AvgIpc) is 2.91. The summed E-state index contributed by atoms with van der Waals surface area (Å²) in [6.07, 6.45) is 1.24. The van der Waals surface area contributed by atoms with Gasteiger partial charge in [0.25, 0.3) is 5.69 Å². The van der Waals surface area contributed by atoms with Crippen molar-refractivity contribution in [2.75, 3.05) is 25.6 Å². The van der Waals surface area contributed by atoms with Crippen LogP contribution in [0, 0.1) is 24.0 Å². The van der Waals surface area contributed by atoms with Crippen molar-refractivity contribution in [3.8, 4) is 5.75 Å². The molecule has 0 spiro atoms. The van der Waals surface area contributed by atoms with E-state index in [4.69, 9.17) is 4.74 Å². The molecule has 0 fully saturated rings. The second-order valence-corrected chi connectivity index (χ2v) is 9.20. The molecule has 0 aliphatic rings. The smallest absolute Gasteiger partial charge is 0.296 e. The van der Waals surface area contributed by atoms with Gasteiger partial charge in [-0.05, 0) is 80.3 Å². The van der Waals surface area contributed by atoms with Gasteiger partial charge in [0, 0.05) is 37.8 Å². The highest BCUT2D eigenvalue weighted by atomic mass is 16.6. The van der Waals surface area contributed by atoms with Crippen LogP contribution in [0.4, 0.5) is 34.1 Å². The molecule has 39 heavy (non-hydrogen) atoms. The Kier molecular flexibility index (Phi) is 9.75. The monoisotopic (exact) mass is 528 g/mol. The summed E-state index contributed by atoms with van der Waals surface area (Å²) in [5, 5.41) is 28.4. The zero-order valence-electron chi connectivity index (χ0n) is 22.8. The number of ether oxygens (including phenoxy) is 1. The molecule has 0 amide bonds. The van der Waals surface area contributed by atoms with Crippen LogP contribution in [-0.4, -0.2) is 31.4 Å². The van der Waals surface area contributed by atoms with Gasteiger partial charge in [0.1, 0.15) is 11.4 Å². The molecule has 0 heterocycles. The molecule has 0 aliphatic carbocycles. The van der Waals surface area contributed by atoms with Crippen molar-refractivity contribution in [1.82, 2.24) is 0 Å². The third kappa shape index (κ3) is 7.88. The summed E-state index contributed by atoms with van der Waals surface area (Å²) in [6, 6.07) is 15.9. The minimum atomic E-state index is -0.476. The molecule has 0 N–H and O–H groups in total. The number of azo groups is 2. The molecule has 0 bridgehead atoms. The van der Waals surface area contributed by atoms with Crippen LogP contribution in [0.2, 0.25) is 0 Å². The van der Waals surface area contributed by atoms with Crippen LogP contribution in [0.5, 0.6) is 5.75 Å². The first-order chi connectivity index (χ1) is 18.6.